The number of carbonyl (C=O) groups is 2. The molecule has 0 aromatic heterocycles. The van der Waals surface area contributed by atoms with Crippen LogP contribution in [0.3, 0.4) is 0 Å². The van der Waals surface area contributed by atoms with Gasteiger partial charge in [0.1, 0.15) is 6.04 Å². The molecule has 0 spiro atoms. The molecule has 2 fully saturated rings. The van der Waals surface area contributed by atoms with E-state index < -0.39 is 6.04 Å². The topological polar surface area (TPSA) is 101 Å². The molecule has 8 nitrogen and oxygen atoms in total. The van der Waals surface area contributed by atoms with Crippen molar-refractivity contribution >= 4 is 17.8 Å². The van der Waals surface area contributed by atoms with E-state index >= 15 is 0 Å². The van der Waals surface area contributed by atoms with Crippen LogP contribution in [0.1, 0.15) is 50.2 Å². The van der Waals surface area contributed by atoms with E-state index in [4.69, 9.17) is 5.26 Å². The normalized spacial score (nSPS) is 19.4. The van der Waals surface area contributed by atoms with Gasteiger partial charge in [0.15, 0.2) is 6.19 Å². The number of hydrogen-bond acceptors (Lipinski definition) is 4. The third-order valence-corrected chi connectivity index (χ3v) is 6.15. The predicted molar refractivity (Wildman–Crippen MR) is 124 cm³/mol. The maximum absolute atomic E-state index is 13.1. The Balaban J connectivity index is 1.58. The number of carbonyl (C=O) groups excluding carboxylic acids is 2. The highest BCUT2D eigenvalue weighted by Gasteiger charge is 2.30. The van der Waals surface area contributed by atoms with Gasteiger partial charge in [0.2, 0.25) is 17.8 Å². The van der Waals surface area contributed by atoms with E-state index in [1.54, 1.807) is 4.90 Å². The average molecular weight is 439 g/mol. The minimum absolute atomic E-state index is 0.0228. The van der Waals surface area contributed by atoms with Crippen LogP contribution in [0.5, 0.6) is 0 Å². The Morgan fingerprint density at radius 1 is 1.12 bits per heavy atom. The van der Waals surface area contributed by atoms with Crippen molar-refractivity contribution in [3.05, 3.63) is 35.4 Å². The van der Waals surface area contributed by atoms with Crippen molar-refractivity contribution in [1.82, 2.24) is 20.4 Å². The van der Waals surface area contributed by atoms with Crippen LogP contribution >= 0.6 is 0 Å². The highest BCUT2D eigenvalue weighted by atomic mass is 16.2. The Hall–Kier alpha value is -3.08. The van der Waals surface area contributed by atoms with E-state index in [1.807, 2.05) is 11.1 Å². The van der Waals surface area contributed by atoms with Gasteiger partial charge in [-0.2, -0.15) is 5.26 Å². The second kappa shape index (κ2) is 12.1. The van der Waals surface area contributed by atoms with Gasteiger partial charge < -0.3 is 15.1 Å². The van der Waals surface area contributed by atoms with Gasteiger partial charge in [-0.05, 0) is 56.1 Å². The van der Waals surface area contributed by atoms with Crippen LogP contribution in [0, 0.1) is 11.5 Å². The van der Waals surface area contributed by atoms with Gasteiger partial charge in [-0.25, -0.2) is 0 Å². The molecule has 0 aliphatic carbocycles. The van der Waals surface area contributed by atoms with Crippen molar-refractivity contribution in [1.29, 1.82) is 5.26 Å². The van der Waals surface area contributed by atoms with Crippen molar-refractivity contribution in [3.63, 3.8) is 0 Å². The number of nitrogens with one attached hydrogen (secondary N) is 2. The van der Waals surface area contributed by atoms with Crippen molar-refractivity contribution in [2.45, 2.75) is 57.9 Å². The third kappa shape index (κ3) is 6.71. The lowest BCUT2D eigenvalue weighted by Gasteiger charge is -2.27. The summed E-state index contributed by atoms with van der Waals surface area (Å²) in [5.41, 5.74) is 2.48. The van der Waals surface area contributed by atoms with Gasteiger partial charge in [-0.3, -0.25) is 19.9 Å². The van der Waals surface area contributed by atoms with Crippen molar-refractivity contribution in [3.8, 4) is 6.19 Å². The maximum atomic E-state index is 13.1. The van der Waals surface area contributed by atoms with Crippen LogP contribution in [0.25, 0.3) is 0 Å². The molecule has 2 aliphatic heterocycles. The molecule has 2 aliphatic rings. The Kier molecular flexibility index (Phi) is 8.90. The standard InChI is InChI=1S/C24H34N6O2/c1-2-19-8-10-20(11-9-19)12-13-26-24(27-18-25)28-21-7-3-4-16-30(23(21)32)17-22(31)29-14-5-6-15-29/h8-11,21H,2-7,12-17H2,1H3,(H2,26,27,28)/t21-/m0/s1. The first-order valence-corrected chi connectivity index (χ1v) is 11.7. The number of aliphatic imine (C=N–C) groups is 1. The van der Waals surface area contributed by atoms with E-state index in [2.05, 4.69) is 46.8 Å². The molecule has 1 aromatic rings. The minimum Gasteiger partial charge on any atom is -0.344 e. The number of aryl methyl sites for hydroxylation is 1. The second-order valence-electron chi connectivity index (χ2n) is 8.43. The molecule has 1 aromatic carbocycles. The van der Waals surface area contributed by atoms with E-state index in [0.717, 1.165) is 51.6 Å². The monoisotopic (exact) mass is 438 g/mol. The van der Waals surface area contributed by atoms with Crippen LogP contribution in [0.2, 0.25) is 0 Å². The first kappa shape index (κ1) is 23.6. The quantitative estimate of drug-likeness (QED) is 0.293. The van der Waals surface area contributed by atoms with Gasteiger partial charge in [0.25, 0.3) is 0 Å². The summed E-state index contributed by atoms with van der Waals surface area (Å²) in [5, 5.41) is 14.8. The number of hydrogen-bond donors (Lipinski definition) is 2. The molecule has 0 radical (unpaired) electrons. The lowest BCUT2D eigenvalue weighted by Crippen LogP contribution is -2.52. The van der Waals surface area contributed by atoms with Crippen molar-refractivity contribution < 1.29 is 9.59 Å². The predicted octanol–water partition coefficient (Wildman–Crippen LogP) is 1.81. The van der Waals surface area contributed by atoms with Crippen molar-refractivity contribution in [2.24, 2.45) is 4.99 Å². The van der Waals surface area contributed by atoms with Crippen LogP contribution in [-0.4, -0.2) is 66.3 Å². The summed E-state index contributed by atoms with van der Waals surface area (Å²) >= 11 is 0. The van der Waals surface area contributed by atoms with Crippen LogP contribution in [-0.2, 0) is 22.4 Å². The molecule has 32 heavy (non-hydrogen) atoms. The number of rotatable bonds is 7. The highest BCUT2D eigenvalue weighted by Crippen LogP contribution is 2.14. The summed E-state index contributed by atoms with van der Waals surface area (Å²) in [5.74, 6) is 0.232. The Bertz CT molecular complexity index is 839. The molecule has 3 rings (SSSR count). The summed E-state index contributed by atoms with van der Waals surface area (Å²) in [4.78, 5) is 33.7. The van der Waals surface area contributed by atoms with Crippen LogP contribution < -0.4 is 10.6 Å². The maximum Gasteiger partial charge on any atom is 0.245 e. The highest BCUT2D eigenvalue weighted by molar-refractivity contribution is 5.92. The summed E-state index contributed by atoms with van der Waals surface area (Å²) in [7, 11) is 0. The number of nitrogens with zero attached hydrogens (tertiary/aromatic N) is 4. The van der Waals surface area contributed by atoms with Gasteiger partial charge in [0, 0.05) is 26.2 Å². The van der Waals surface area contributed by atoms with Crippen molar-refractivity contribution in [2.75, 3.05) is 32.7 Å². The molecular formula is C24H34N6O2. The van der Waals surface area contributed by atoms with Gasteiger partial charge in [-0.1, -0.05) is 31.2 Å². The first-order chi connectivity index (χ1) is 15.6. The smallest absolute Gasteiger partial charge is 0.245 e. The molecule has 0 saturated carbocycles. The number of likely N-dealkylation sites (tertiary alicyclic amines) is 2. The first-order valence-electron chi connectivity index (χ1n) is 11.7. The Morgan fingerprint density at radius 2 is 1.81 bits per heavy atom. The Morgan fingerprint density at radius 3 is 2.50 bits per heavy atom. The summed E-state index contributed by atoms with van der Waals surface area (Å²) < 4.78 is 0. The number of benzene rings is 1. The van der Waals surface area contributed by atoms with Gasteiger partial charge >= 0.3 is 0 Å². The molecule has 2 N–H and O–H groups in total. The Labute approximate surface area is 190 Å². The molecular weight excluding hydrogens is 404 g/mol. The van der Waals surface area contributed by atoms with Gasteiger partial charge in [-0.15, -0.1) is 0 Å². The molecule has 0 unspecified atom stereocenters. The molecule has 1 atom stereocenters. The zero-order valence-electron chi connectivity index (χ0n) is 19.0. The fourth-order valence-corrected chi connectivity index (χ4v) is 4.20. The minimum atomic E-state index is -0.493. The molecule has 0 bridgehead atoms. The lowest BCUT2D eigenvalue weighted by molar-refractivity contribution is -0.140. The van der Waals surface area contributed by atoms with Crippen LogP contribution in [0.4, 0.5) is 0 Å². The van der Waals surface area contributed by atoms with E-state index in [9.17, 15) is 9.59 Å². The summed E-state index contributed by atoms with van der Waals surface area (Å²) in [6, 6.07) is 7.95. The fourth-order valence-electron chi connectivity index (χ4n) is 4.20. The molecule has 8 heteroatoms. The molecule has 2 saturated heterocycles. The third-order valence-electron chi connectivity index (χ3n) is 6.15. The number of amides is 2. The van der Waals surface area contributed by atoms with Gasteiger partial charge in [0.05, 0.1) is 6.54 Å². The average Bonchev–Trinajstić information content (AvgIpc) is 3.30. The molecule has 2 heterocycles. The SMILES string of the molecule is CCc1ccc(CCN=C(NC#N)N[C@H]2CCCCN(CC(=O)N3CCCC3)C2=O)cc1. The van der Waals surface area contributed by atoms with E-state index in [0.29, 0.717) is 25.5 Å². The van der Waals surface area contributed by atoms with Crippen LogP contribution in [0.15, 0.2) is 29.3 Å². The summed E-state index contributed by atoms with van der Waals surface area (Å²) in [6.45, 7) is 4.91. The fraction of sp³-hybridized carbons (Fsp3) is 0.583. The zero-order valence-corrected chi connectivity index (χ0v) is 19.0. The summed E-state index contributed by atoms with van der Waals surface area (Å²) in [6.07, 6.45) is 8.12. The lowest BCUT2D eigenvalue weighted by atomic mass is 10.1. The number of nitriles is 1. The largest absolute Gasteiger partial charge is 0.344 e. The second-order valence-corrected chi connectivity index (χ2v) is 8.43. The van der Waals surface area contributed by atoms with E-state index in [-0.39, 0.29) is 18.4 Å². The van der Waals surface area contributed by atoms with E-state index in [1.165, 1.54) is 11.1 Å². The number of guanidine groups is 1. The molecule has 2 amide bonds. The zero-order chi connectivity index (χ0) is 22.8. The molecule has 172 valence electrons.